The Hall–Kier alpha value is -1.23. The second-order valence-corrected chi connectivity index (χ2v) is 5.78. The number of anilines is 1. The molecule has 3 N–H and O–H groups in total. The molecule has 0 radical (unpaired) electrons. The van der Waals surface area contributed by atoms with E-state index in [1.165, 1.54) is 0 Å². The smallest absolute Gasteiger partial charge is 0.172 e. The summed E-state index contributed by atoms with van der Waals surface area (Å²) in [6.45, 7) is 8.42. The number of rotatable bonds is 7. The Bertz CT molecular complexity index is 458. The van der Waals surface area contributed by atoms with Crippen molar-refractivity contribution < 1.29 is 5.21 Å². The second kappa shape index (κ2) is 8.15. The molecule has 0 aliphatic rings. The maximum atomic E-state index is 8.94. The molecule has 1 aromatic rings. The van der Waals surface area contributed by atoms with Gasteiger partial charge in [0.15, 0.2) is 5.84 Å². The number of hydrogen-bond donors (Lipinski definition) is 2. The number of nitrogens with two attached hydrogens (primary N) is 1. The Kier molecular flexibility index (Phi) is 6.85. The van der Waals surface area contributed by atoms with Crippen LogP contribution in [-0.2, 0) is 0 Å². The Morgan fingerprint density at radius 1 is 1.35 bits per heavy atom. The second-order valence-electron chi connectivity index (χ2n) is 4.87. The van der Waals surface area contributed by atoms with Crippen LogP contribution in [0.2, 0.25) is 0 Å². The molecule has 0 heterocycles. The monoisotopic (exact) mass is 341 g/mol. The van der Waals surface area contributed by atoms with Crippen LogP contribution in [0.4, 0.5) is 5.69 Å². The van der Waals surface area contributed by atoms with Gasteiger partial charge in [-0.05, 0) is 31.0 Å². The lowest BCUT2D eigenvalue weighted by Crippen LogP contribution is -2.31. The largest absolute Gasteiger partial charge is 0.409 e. The quantitative estimate of drug-likeness (QED) is 0.343. The minimum Gasteiger partial charge on any atom is -0.409 e. The van der Waals surface area contributed by atoms with Gasteiger partial charge in [-0.15, -0.1) is 0 Å². The molecule has 5 heteroatoms. The van der Waals surface area contributed by atoms with Crippen molar-refractivity contribution in [3.8, 4) is 0 Å². The number of oxime groups is 1. The summed E-state index contributed by atoms with van der Waals surface area (Å²) in [5.74, 6) is 0.796. The standard InChI is InChI=1S/C15H24BrN3O/c1-4-11(5-2)10-19(6-3)14-9-12(16)7-8-13(14)15(17)18-20/h7-9,11,20H,4-6,10H2,1-3H3,(H2,17,18). The Morgan fingerprint density at radius 2 is 2.00 bits per heavy atom. The van der Waals surface area contributed by atoms with Crippen molar-refractivity contribution in [3.05, 3.63) is 28.2 Å². The van der Waals surface area contributed by atoms with Crippen molar-refractivity contribution >= 4 is 27.5 Å². The van der Waals surface area contributed by atoms with Crippen LogP contribution < -0.4 is 10.6 Å². The van der Waals surface area contributed by atoms with Crippen LogP contribution in [0.1, 0.15) is 39.2 Å². The van der Waals surface area contributed by atoms with Gasteiger partial charge in [-0.3, -0.25) is 0 Å². The van der Waals surface area contributed by atoms with Crippen molar-refractivity contribution in [3.63, 3.8) is 0 Å². The fraction of sp³-hybridized carbons (Fsp3) is 0.533. The lowest BCUT2D eigenvalue weighted by Gasteiger charge is -2.29. The van der Waals surface area contributed by atoms with E-state index in [4.69, 9.17) is 10.9 Å². The van der Waals surface area contributed by atoms with Crippen molar-refractivity contribution in [2.45, 2.75) is 33.6 Å². The highest BCUT2D eigenvalue weighted by atomic mass is 79.9. The van der Waals surface area contributed by atoms with Gasteiger partial charge in [-0.2, -0.15) is 0 Å². The molecule has 0 fully saturated rings. The maximum Gasteiger partial charge on any atom is 0.172 e. The van der Waals surface area contributed by atoms with Crippen molar-refractivity contribution in [2.24, 2.45) is 16.8 Å². The number of benzene rings is 1. The number of halogens is 1. The van der Waals surface area contributed by atoms with E-state index >= 15 is 0 Å². The van der Waals surface area contributed by atoms with E-state index in [1.54, 1.807) is 0 Å². The van der Waals surface area contributed by atoms with Crippen molar-refractivity contribution in [2.75, 3.05) is 18.0 Å². The molecule has 1 rings (SSSR count). The van der Waals surface area contributed by atoms with Crippen LogP contribution in [0.15, 0.2) is 27.8 Å². The predicted molar refractivity (Wildman–Crippen MR) is 88.6 cm³/mol. The lowest BCUT2D eigenvalue weighted by atomic mass is 10.0. The van der Waals surface area contributed by atoms with Gasteiger partial charge in [0, 0.05) is 28.8 Å². The number of nitrogens with zero attached hydrogens (tertiary/aromatic N) is 2. The van der Waals surface area contributed by atoms with Crippen molar-refractivity contribution in [1.29, 1.82) is 0 Å². The number of amidine groups is 1. The summed E-state index contributed by atoms with van der Waals surface area (Å²) < 4.78 is 0.991. The van der Waals surface area contributed by atoms with Crippen LogP contribution in [0, 0.1) is 5.92 Å². The Balaban J connectivity index is 3.16. The van der Waals surface area contributed by atoms with E-state index in [1.807, 2.05) is 18.2 Å². The molecule has 112 valence electrons. The van der Waals surface area contributed by atoms with Gasteiger partial charge in [-0.1, -0.05) is 47.8 Å². The predicted octanol–water partition coefficient (Wildman–Crippen LogP) is 3.81. The first kappa shape index (κ1) is 16.8. The van der Waals surface area contributed by atoms with E-state index in [-0.39, 0.29) is 5.84 Å². The van der Waals surface area contributed by atoms with Gasteiger partial charge in [0.05, 0.1) is 0 Å². The van der Waals surface area contributed by atoms with Gasteiger partial charge < -0.3 is 15.8 Å². The first-order valence-electron chi connectivity index (χ1n) is 7.09. The highest BCUT2D eigenvalue weighted by Gasteiger charge is 2.16. The Morgan fingerprint density at radius 3 is 2.50 bits per heavy atom. The molecule has 0 unspecified atom stereocenters. The molecule has 0 amide bonds. The fourth-order valence-electron chi connectivity index (χ4n) is 2.29. The zero-order valence-electron chi connectivity index (χ0n) is 12.4. The third-order valence-corrected chi connectivity index (χ3v) is 4.19. The average Bonchev–Trinajstić information content (AvgIpc) is 2.48. The van der Waals surface area contributed by atoms with Crippen molar-refractivity contribution in [1.82, 2.24) is 0 Å². The third kappa shape index (κ3) is 4.13. The summed E-state index contributed by atoms with van der Waals surface area (Å²) in [5, 5.41) is 12.1. The molecule has 0 saturated heterocycles. The van der Waals surface area contributed by atoms with Gasteiger partial charge in [-0.25, -0.2) is 0 Å². The first-order valence-corrected chi connectivity index (χ1v) is 7.88. The normalized spacial score (nSPS) is 11.9. The van der Waals surface area contributed by atoms with Crippen LogP contribution in [-0.4, -0.2) is 24.1 Å². The van der Waals surface area contributed by atoms with E-state index in [0.29, 0.717) is 5.92 Å². The van der Waals surface area contributed by atoms with Gasteiger partial charge >= 0.3 is 0 Å². The topological polar surface area (TPSA) is 61.8 Å². The molecule has 0 aromatic heterocycles. The fourth-order valence-corrected chi connectivity index (χ4v) is 2.64. The van der Waals surface area contributed by atoms with Crippen LogP contribution in [0.3, 0.4) is 0 Å². The molecule has 0 aliphatic carbocycles. The summed E-state index contributed by atoms with van der Waals surface area (Å²) in [7, 11) is 0. The third-order valence-electron chi connectivity index (χ3n) is 3.70. The molecule has 1 aromatic carbocycles. The van der Waals surface area contributed by atoms with Crippen LogP contribution in [0.25, 0.3) is 0 Å². The molecule has 0 aliphatic heterocycles. The number of hydrogen-bond acceptors (Lipinski definition) is 3. The summed E-state index contributed by atoms with van der Waals surface area (Å²) in [6.07, 6.45) is 2.31. The molecule has 4 nitrogen and oxygen atoms in total. The SMILES string of the molecule is CCC(CC)CN(CC)c1cc(Br)ccc1/C(N)=N/O. The molecule has 0 atom stereocenters. The molecular formula is C15H24BrN3O. The molecular weight excluding hydrogens is 318 g/mol. The minimum atomic E-state index is 0.149. The highest BCUT2D eigenvalue weighted by Crippen LogP contribution is 2.26. The van der Waals surface area contributed by atoms with E-state index < -0.39 is 0 Å². The first-order chi connectivity index (χ1) is 9.57. The zero-order valence-corrected chi connectivity index (χ0v) is 14.0. The summed E-state index contributed by atoms with van der Waals surface area (Å²) in [4.78, 5) is 2.29. The highest BCUT2D eigenvalue weighted by molar-refractivity contribution is 9.10. The molecule has 0 spiro atoms. The van der Waals surface area contributed by atoms with Crippen LogP contribution in [0.5, 0.6) is 0 Å². The lowest BCUT2D eigenvalue weighted by molar-refractivity contribution is 0.318. The van der Waals surface area contributed by atoms with E-state index in [9.17, 15) is 0 Å². The summed E-state index contributed by atoms with van der Waals surface area (Å²) in [5.41, 5.74) is 7.56. The molecule has 0 saturated carbocycles. The van der Waals surface area contributed by atoms with Gasteiger partial charge in [0.25, 0.3) is 0 Å². The molecule has 20 heavy (non-hydrogen) atoms. The average molecular weight is 342 g/mol. The van der Waals surface area contributed by atoms with Gasteiger partial charge in [0.1, 0.15) is 0 Å². The van der Waals surface area contributed by atoms with E-state index in [0.717, 1.165) is 41.7 Å². The van der Waals surface area contributed by atoms with E-state index in [2.05, 4.69) is 46.8 Å². The zero-order chi connectivity index (χ0) is 15.1. The van der Waals surface area contributed by atoms with Gasteiger partial charge in [0.2, 0.25) is 0 Å². The summed E-state index contributed by atoms with van der Waals surface area (Å²) in [6, 6.07) is 5.81. The summed E-state index contributed by atoms with van der Waals surface area (Å²) >= 11 is 3.50. The van der Waals surface area contributed by atoms with Crippen LogP contribution >= 0.6 is 15.9 Å². The maximum absolute atomic E-state index is 8.94. The Labute approximate surface area is 129 Å². The molecule has 0 bridgehead atoms. The minimum absolute atomic E-state index is 0.149.